The molecule has 46 heavy (non-hydrogen) atoms. The van der Waals surface area contributed by atoms with Crippen molar-refractivity contribution in [1.82, 2.24) is 29.8 Å². The molecule has 10 heteroatoms. The van der Waals surface area contributed by atoms with Crippen LogP contribution in [0, 0.1) is 16.7 Å². The maximum Gasteiger partial charge on any atom is 0.257 e. The highest BCUT2D eigenvalue weighted by molar-refractivity contribution is 5.94. The van der Waals surface area contributed by atoms with Crippen LogP contribution in [0.2, 0.25) is 0 Å². The van der Waals surface area contributed by atoms with Crippen molar-refractivity contribution in [3.8, 4) is 0 Å². The molecule has 0 radical (unpaired) electrons. The lowest BCUT2D eigenvalue weighted by atomic mass is 9.78. The summed E-state index contributed by atoms with van der Waals surface area (Å²) in [6, 6.07) is 19.5. The van der Waals surface area contributed by atoms with Crippen molar-refractivity contribution in [3.05, 3.63) is 89.7 Å². The van der Waals surface area contributed by atoms with Crippen LogP contribution in [0.25, 0.3) is 0 Å². The molecule has 1 saturated carbocycles. The van der Waals surface area contributed by atoms with Crippen LogP contribution < -0.4 is 5.32 Å². The second-order valence-electron chi connectivity index (χ2n) is 14.1. The molecule has 2 atom stereocenters. The normalized spacial score (nSPS) is 22.3. The van der Waals surface area contributed by atoms with Crippen LogP contribution in [-0.2, 0) is 16.1 Å². The average Bonchev–Trinajstić information content (AvgIpc) is 3.38. The van der Waals surface area contributed by atoms with Crippen LogP contribution in [0.15, 0.2) is 73.1 Å². The van der Waals surface area contributed by atoms with E-state index in [9.17, 15) is 19.2 Å². The molecule has 1 aliphatic carbocycles. The number of carbonyl (C=O) groups excluding carboxylic acids is 4. The summed E-state index contributed by atoms with van der Waals surface area (Å²) in [5, 5.41) is 7.11. The monoisotopic (exact) mass is 626 g/mol. The van der Waals surface area contributed by atoms with Gasteiger partial charge in [-0.15, -0.1) is 0 Å². The third-order valence-corrected chi connectivity index (χ3v) is 10.0. The topological polar surface area (TPSA) is 108 Å². The molecule has 7 rings (SSSR count). The summed E-state index contributed by atoms with van der Waals surface area (Å²) >= 11 is 0. The highest BCUT2D eigenvalue weighted by atomic mass is 16.2. The molecule has 4 fully saturated rings. The van der Waals surface area contributed by atoms with Gasteiger partial charge < -0.3 is 20.0 Å². The minimum absolute atomic E-state index is 0. The summed E-state index contributed by atoms with van der Waals surface area (Å²) in [7, 11) is 0. The first-order valence-electron chi connectivity index (χ1n) is 16.3. The zero-order chi connectivity index (χ0) is 32.3. The summed E-state index contributed by atoms with van der Waals surface area (Å²) in [5.74, 6) is 0.610. The number of hydrogen-bond donors (Lipinski definition) is 1. The molecule has 3 aliphatic heterocycles. The largest absolute Gasteiger partial charge is 0.354 e. The average molecular weight is 627 g/mol. The number of nitrogens with one attached hydrogen (secondary N) is 1. The van der Waals surface area contributed by atoms with Crippen molar-refractivity contribution in [1.29, 1.82) is 0 Å². The predicted octanol–water partition coefficient (Wildman–Crippen LogP) is 3.94. The van der Waals surface area contributed by atoms with Gasteiger partial charge in [0.15, 0.2) is 0 Å². The number of piperidine rings is 1. The number of benzene rings is 2. The Bertz CT molecular complexity index is 1560. The maximum atomic E-state index is 13.0. The van der Waals surface area contributed by atoms with E-state index in [0.29, 0.717) is 36.5 Å². The molecule has 10 nitrogen and oxygen atoms in total. The van der Waals surface area contributed by atoms with E-state index in [1.54, 1.807) is 11.1 Å². The minimum Gasteiger partial charge on any atom is -0.354 e. The molecule has 4 heterocycles. The SMILES string of the molecule is CC1(C)C[C@@H]1C(=O)N1CC2(CCN(C(=O)c3cnn(Cc4ccccc4)c3)C2)C1.O=CNC1CCCN(C(=O)c2ccccc2)C1.[HH]. The molecule has 4 amide bonds. The summed E-state index contributed by atoms with van der Waals surface area (Å²) < 4.78 is 1.82. The summed E-state index contributed by atoms with van der Waals surface area (Å²) in [6.07, 6.45) is 8.08. The molecule has 1 spiro atoms. The first-order valence-corrected chi connectivity index (χ1v) is 16.3. The van der Waals surface area contributed by atoms with E-state index in [1.807, 2.05) is 69.2 Å². The first-order chi connectivity index (χ1) is 22.2. The number of rotatable bonds is 7. The Morgan fingerprint density at radius 1 is 0.913 bits per heavy atom. The van der Waals surface area contributed by atoms with Gasteiger partial charge in [0.25, 0.3) is 11.8 Å². The van der Waals surface area contributed by atoms with Crippen LogP contribution in [-0.4, -0.2) is 93.9 Å². The maximum absolute atomic E-state index is 13.0. The molecule has 244 valence electrons. The third-order valence-electron chi connectivity index (χ3n) is 10.0. The summed E-state index contributed by atoms with van der Waals surface area (Å²) in [6.45, 7) is 9.47. The van der Waals surface area contributed by atoms with Crippen molar-refractivity contribution >= 4 is 24.1 Å². The lowest BCUT2D eigenvalue weighted by Crippen LogP contribution is -2.60. The Morgan fingerprint density at radius 2 is 1.57 bits per heavy atom. The summed E-state index contributed by atoms with van der Waals surface area (Å²) in [4.78, 5) is 53.8. The Balaban J connectivity index is 0.000000207. The fraction of sp³-hybridized carbons (Fsp3) is 0.472. The highest BCUT2D eigenvalue weighted by Crippen LogP contribution is 2.54. The van der Waals surface area contributed by atoms with E-state index in [4.69, 9.17) is 0 Å². The van der Waals surface area contributed by atoms with Crippen molar-refractivity contribution < 1.29 is 20.6 Å². The van der Waals surface area contributed by atoms with Gasteiger partial charge in [0.1, 0.15) is 0 Å². The molecular weight excluding hydrogens is 580 g/mol. The Hall–Kier alpha value is -4.47. The number of hydrogen-bond acceptors (Lipinski definition) is 5. The molecule has 2 aromatic carbocycles. The van der Waals surface area contributed by atoms with E-state index < -0.39 is 0 Å². The molecule has 3 aromatic rings. The van der Waals surface area contributed by atoms with Crippen molar-refractivity contribution in [2.75, 3.05) is 39.3 Å². The zero-order valence-electron chi connectivity index (χ0n) is 26.8. The molecular formula is C36H46N6O4. The van der Waals surface area contributed by atoms with Crippen LogP contribution in [0.5, 0.6) is 0 Å². The molecule has 1 aromatic heterocycles. The van der Waals surface area contributed by atoms with Gasteiger partial charge in [-0.05, 0) is 48.8 Å². The highest BCUT2D eigenvalue weighted by Gasteiger charge is 2.57. The van der Waals surface area contributed by atoms with Gasteiger partial charge in [0.2, 0.25) is 12.3 Å². The minimum atomic E-state index is 0. The second-order valence-corrected chi connectivity index (χ2v) is 14.1. The predicted molar refractivity (Wildman–Crippen MR) is 176 cm³/mol. The van der Waals surface area contributed by atoms with E-state index >= 15 is 0 Å². The van der Waals surface area contributed by atoms with Crippen molar-refractivity contribution in [2.24, 2.45) is 16.7 Å². The molecule has 0 bridgehead atoms. The van der Waals surface area contributed by atoms with Gasteiger partial charge in [-0.25, -0.2) is 0 Å². The number of likely N-dealkylation sites (tertiary alicyclic amines) is 3. The van der Waals surface area contributed by atoms with Gasteiger partial charge in [0, 0.05) is 69.8 Å². The Morgan fingerprint density at radius 3 is 2.24 bits per heavy atom. The van der Waals surface area contributed by atoms with Crippen molar-refractivity contribution in [3.63, 3.8) is 0 Å². The fourth-order valence-electron chi connectivity index (χ4n) is 7.07. The molecule has 4 aliphatic rings. The van der Waals surface area contributed by atoms with E-state index in [-0.39, 0.29) is 36.0 Å². The Kier molecular flexibility index (Phi) is 8.97. The lowest BCUT2D eigenvalue weighted by molar-refractivity contribution is -0.144. The fourth-order valence-corrected chi connectivity index (χ4v) is 7.07. The van der Waals surface area contributed by atoms with Gasteiger partial charge in [-0.2, -0.15) is 5.10 Å². The van der Waals surface area contributed by atoms with Crippen LogP contribution in [0.1, 0.15) is 67.2 Å². The van der Waals surface area contributed by atoms with Crippen molar-refractivity contribution in [2.45, 2.75) is 52.1 Å². The van der Waals surface area contributed by atoms with Crippen LogP contribution in [0.3, 0.4) is 0 Å². The lowest BCUT2D eigenvalue weighted by Gasteiger charge is -2.48. The van der Waals surface area contributed by atoms with Gasteiger partial charge in [-0.3, -0.25) is 23.9 Å². The number of aromatic nitrogens is 2. The van der Waals surface area contributed by atoms with Gasteiger partial charge in [0.05, 0.1) is 18.3 Å². The quantitative estimate of drug-likeness (QED) is 0.400. The van der Waals surface area contributed by atoms with E-state index in [1.165, 1.54) is 0 Å². The number of nitrogens with zero attached hydrogens (tertiary/aromatic N) is 5. The molecule has 1 N–H and O–H groups in total. The standard InChI is InChI=1S/C23H28N4O2.C13H16N2O2.H2/c1-22(2)10-19(22)21(29)26-15-23(16-26)8-9-25(14-23)20(28)18-11-24-27(13-18)12-17-6-4-3-5-7-17;16-10-14-12-7-4-8-15(9-12)13(17)11-5-2-1-3-6-11;/h3-7,11,13,19H,8-10,12,14-16H2,1-2H3;1-3,5-6,10,12H,4,7-9H2,(H,14,16);1H/t19-;;/m1../s1. The Labute approximate surface area is 272 Å². The van der Waals surface area contributed by atoms with Crippen LogP contribution in [0.4, 0.5) is 0 Å². The second kappa shape index (κ2) is 13.1. The molecule has 1 unspecified atom stereocenters. The third kappa shape index (κ3) is 7.00. The first kappa shape index (κ1) is 31.5. The smallest absolute Gasteiger partial charge is 0.257 e. The van der Waals surface area contributed by atoms with Gasteiger partial charge >= 0.3 is 0 Å². The van der Waals surface area contributed by atoms with Crippen LogP contribution >= 0.6 is 0 Å². The van der Waals surface area contributed by atoms with E-state index in [0.717, 1.165) is 64.0 Å². The summed E-state index contributed by atoms with van der Waals surface area (Å²) in [5.41, 5.74) is 2.79. The number of amides is 4. The molecule has 3 saturated heterocycles. The van der Waals surface area contributed by atoms with Gasteiger partial charge in [-0.1, -0.05) is 62.4 Å². The zero-order valence-corrected chi connectivity index (χ0v) is 26.8. The van der Waals surface area contributed by atoms with E-state index in [2.05, 4.69) is 36.4 Å². The number of carbonyl (C=O) groups is 4.